The van der Waals surface area contributed by atoms with Crippen molar-refractivity contribution in [3.8, 4) is 0 Å². The highest BCUT2D eigenvalue weighted by Gasteiger charge is 2.20. The lowest BCUT2D eigenvalue weighted by atomic mass is 10.1. The van der Waals surface area contributed by atoms with Gasteiger partial charge in [-0.15, -0.1) is 0 Å². The van der Waals surface area contributed by atoms with Crippen LogP contribution < -0.4 is 4.90 Å². The molecular weight excluding hydrogens is 290 g/mol. The maximum absolute atomic E-state index is 12.7. The second-order valence-electron chi connectivity index (χ2n) is 5.81. The molecule has 0 unspecified atom stereocenters. The van der Waals surface area contributed by atoms with Crippen molar-refractivity contribution in [2.75, 3.05) is 11.4 Å². The summed E-state index contributed by atoms with van der Waals surface area (Å²) < 4.78 is 0. The number of amides is 1. The van der Waals surface area contributed by atoms with Crippen LogP contribution in [-0.2, 0) is 17.6 Å². The molecule has 0 atom stereocenters. The number of nitrogens with zero attached hydrogens (tertiary/aromatic N) is 1. The molecule has 118 valence electrons. The lowest BCUT2D eigenvalue weighted by Crippen LogP contribution is -2.33. The Balaban J connectivity index is 1.79. The first kappa shape index (κ1) is 15.3. The number of carboxylic acid groups (broad SMARTS) is 1. The Bertz CT molecular complexity index is 722. The third kappa shape index (κ3) is 3.42. The van der Waals surface area contributed by atoms with Crippen molar-refractivity contribution < 1.29 is 14.7 Å². The van der Waals surface area contributed by atoms with E-state index in [0.717, 1.165) is 37.1 Å². The molecule has 2 aromatic rings. The Labute approximate surface area is 135 Å². The molecule has 2 aromatic carbocycles. The van der Waals surface area contributed by atoms with Gasteiger partial charge in [0, 0.05) is 12.2 Å². The third-order valence-electron chi connectivity index (χ3n) is 4.22. The second kappa shape index (κ2) is 6.65. The summed E-state index contributed by atoms with van der Waals surface area (Å²) in [5, 5.41) is 8.93. The van der Waals surface area contributed by atoms with Gasteiger partial charge in [0.15, 0.2) is 0 Å². The van der Waals surface area contributed by atoms with E-state index < -0.39 is 5.97 Å². The average molecular weight is 309 g/mol. The molecule has 0 aromatic heterocycles. The van der Waals surface area contributed by atoms with Crippen molar-refractivity contribution in [3.05, 3.63) is 65.2 Å². The van der Waals surface area contributed by atoms with Gasteiger partial charge in [0.2, 0.25) is 5.91 Å². The van der Waals surface area contributed by atoms with Crippen LogP contribution in [0.15, 0.2) is 48.5 Å². The van der Waals surface area contributed by atoms with E-state index in [1.165, 1.54) is 5.56 Å². The first-order valence-corrected chi connectivity index (χ1v) is 7.85. The summed E-state index contributed by atoms with van der Waals surface area (Å²) in [7, 11) is 0. The molecule has 0 fully saturated rings. The maximum Gasteiger partial charge on any atom is 0.335 e. The molecule has 1 aliphatic rings. The summed E-state index contributed by atoms with van der Waals surface area (Å²) in [6.07, 6.45) is 3.38. The average Bonchev–Trinajstić information content (AvgIpc) is 2.77. The van der Waals surface area contributed by atoms with Crippen LogP contribution in [0.4, 0.5) is 5.69 Å². The van der Waals surface area contributed by atoms with Gasteiger partial charge in [-0.05, 0) is 48.6 Å². The predicted octanol–water partition coefficient (Wildman–Crippen LogP) is 3.30. The lowest BCUT2D eigenvalue weighted by Gasteiger charge is -2.23. The highest BCUT2D eigenvalue weighted by Crippen LogP contribution is 2.26. The van der Waals surface area contributed by atoms with Crippen molar-refractivity contribution in [1.29, 1.82) is 0 Å². The minimum Gasteiger partial charge on any atom is -0.478 e. The smallest absolute Gasteiger partial charge is 0.335 e. The predicted molar refractivity (Wildman–Crippen MR) is 88.8 cm³/mol. The highest BCUT2D eigenvalue weighted by molar-refractivity contribution is 5.95. The molecule has 0 saturated carbocycles. The van der Waals surface area contributed by atoms with E-state index in [0.29, 0.717) is 0 Å². The zero-order valence-corrected chi connectivity index (χ0v) is 12.9. The molecule has 4 nitrogen and oxygen atoms in total. The van der Waals surface area contributed by atoms with Gasteiger partial charge < -0.3 is 10.0 Å². The van der Waals surface area contributed by atoms with Crippen molar-refractivity contribution in [2.24, 2.45) is 0 Å². The monoisotopic (exact) mass is 309 g/mol. The van der Waals surface area contributed by atoms with Gasteiger partial charge in [-0.1, -0.05) is 30.3 Å². The first-order valence-electron chi connectivity index (χ1n) is 7.85. The Morgan fingerprint density at radius 2 is 1.74 bits per heavy atom. The molecule has 1 amide bonds. The standard InChI is InChI=1S/C19H19NO3/c21-18(13-14-8-10-16(11-9-14)19(22)23)20-12-4-3-6-15-5-1-2-7-17(15)20/h1-2,5,7-11H,3-4,6,12-13H2,(H,22,23). The van der Waals surface area contributed by atoms with Crippen LogP contribution in [0.1, 0.15) is 34.3 Å². The Morgan fingerprint density at radius 3 is 2.48 bits per heavy atom. The van der Waals surface area contributed by atoms with E-state index in [9.17, 15) is 9.59 Å². The van der Waals surface area contributed by atoms with Crippen LogP contribution in [0.25, 0.3) is 0 Å². The number of carbonyl (C=O) groups is 2. The Hall–Kier alpha value is -2.62. The molecule has 0 bridgehead atoms. The number of aryl methyl sites for hydroxylation is 1. The number of carbonyl (C=O) groups excluding carboxylic acids is 1. The molecule has 1 heterocycles. The number of rotatable bonds is 3. The van der Waals surface area contributed by atoms with E-state index in [1.54, 1.807) is 24.3 Å². The van der Waals surface area contributed by atoms with Crippen LogP contribution in [0, 0.1) is 0 Å². The van der Waals surface area contributed by atoms with Gasteiger partial charge >= 0.3 is 5.97 Å². The van der Waals surface area contributed by atoms with Gasteiger partial charge in [0.25, 0.3) is 0 Å². The molecule has 1 N–H and O–H groups in total. The normalized spacial score (nSPS) is 14.0. The van der Waals surface area contributed by atoms with E-state index >= 15 is 0 Å². The van der Waals surface area contributed by atoms with Crippen LogP contribution >= 0.6 is 0 Å². The fourth-order valence-electron chi connectivity index (χ4n) is 2.99. The van der Waals surface area contributed by atoms with E-state index in [1.807, 2.05) is 23.1 Å². The zero-order valence-electron chi connectivity index (χ0n) is 12.9. The number of para-hydroxylation sites is 1. The second-order valence-corrected chi connectivity index (χ2v) is 5.81. The molecule has 1 aliphatic heterocycles. The first-order chi connectivity index (χ1) is 11.1. The topological polar surface area (TPSA) is 57.6 Å². The van der Waals surface area contributed by atoms with Gasteiger partial charge in [0.05, 0.1) is 12.0 Å². The molecular formula is C19H19NO3. The molecule has 23 heavy (non-hydrogen) atoms. The molecule has 0 aliphatic carbocycles. The zero-order chi connectivity index (χ0) is 16.2. The molecule has 4 heteroatoms. The summed E-state index contributed by atoms with van der Waals surface area (Å²) in [6, 6.07) is 14.6. The number of carboxylic acids is 1. The minimum absolute atomic E-state index is 0.0578. The SMILES string of the molecule is O=C(O)c1ccc(CC(=O)N2CCCCc3ccccc32)cc1. The van der Waals surface area contributed by atoms with E-state index in [2.05, 4.69) is 6.07 Å². The molecule has 3 rings (SSSR count). The fraction of sp³-hybridized carbons (Fsp3) is 0.263. The van der Waals surface area contributed by atoms with Crippen LogP contribution in [0.2, 0.25) is 0 Å². The number of hydrogen-bond acceptors (Lipinski definition) is 2. The number of fused-ring (bicyclic) bond motifs is 1. The van der Waals surface area contributed by atoms with Crippen molar-refractivity contribution in [1.82, 2.24) is 0 Å². The van der Waals surface area contributed by atoms with Crippen molar-refractivity contribution in [3.63, 3.8) is 0 Å². The highest BCUT2D eigenvalue weighted by atomic mass is 16.4. The lowest BCUT2D eigenvalue weighted by molar-refractivity contribution is -0.118. The number of hydrogen-bond donors (Lipinski definition) is 1. The quantitative estimate of drug-likeness (QED) is 0.946. The molecule has 0 saturated heterocycles. The maximum atomic E-state index is 12.7. The number of anilines is 1. The Morgan fingerprint density at radius 1 is 1.00 bits per heavy atom. The van der Waals surface area contributed by atoms with Gasteiger partial charge in [-0.3, -0.25) is 4.79 Å². The summed E-state index contributed by atoms with van der Waals surface area (Å²) in [5.74, 6) is -0.897. The molecule has 0 spiro atoms. The fourth-order valence-corrected chi connectivity index (χ4v) is 2.99. The molecule has 0 radical (unpaired) electrons. The minimum atomic E-state index is -0.954. The third-order valence-corrected chi connectivity index (χ3v) is 4.22. The van der Waals surface area contributed by atoms with Crippen LogP contribution in [0.3, 0.4) is 0 Å². The number of benzene rings is 2. The largest absolute Gasteiger partial charge is 0.478 e. The van der Waals surface area contributed by atoms with E-state index in [4.69, 9.17) is 5.11 Å². The van der Waals surface area contributed by atoms with Crippen LogP contribution in [0.5, 0.6) is 0 Å². The van der Waals surface area contributed by atoms with Gasteiger partial charge in [-0.2, -0.15) is 0 Å². The van der Waals surface area contributed by atoms with E-state index in [-0.39, 0.29) is 17.9 Å². The Kier molecular flexibility index (Phi) is 4.42. The summed E-state index contributed by atoms with van der Waals surface area (Å²) >= 11 is 0. The van der Waals surface area contributed by atoms with Gasteiger partial charge in [0.1, 0.15) is 0 Å². The summed E-state index contributed by atoms with van der Waals surface area (Å²) in [4.78, 5) is 25.5. The summed E-state index contributed by atoms with van der Waals surface area (Å²) in [5.41, 5.74) is 3.31. The van der Waals surface area contributed by atoms with Crippen molar-refractivity contribution >= 4 is 17.6 Å². The van der Waals surface area contributed by atoms with Gasteiger partial charge in [-0.25, -0.2) is 4.79 Å². The number of aromatic carboxylic acids is 1. The van der Waals surface area contributed by atoms with Crippen molar-refractivity contribution in [2.45, 2.75) is 25.7 Å². The van der Waals surface area contributed by atoms with Crippen LogP contribution in [-0.4, -0.2) is 23.5 Å². The summed E-state index contributed by atoms with van der Waals surface area (Å²) in [6.45, 7) is 0.739.